The van der Waals surface area contributed by atoms with Crippen molar-refractivity contribution in [2.75, 3.05) is 13.6 Å². The first-order valence-corrected chi connectivity index (χ1v) is 9.62. The summed E-state index contributed by atoms with van der Waals surface area (Å²) in [5, 5.41) is 2.54. The number of carbonyl (C=O) groups is 1. The molecular weight excluding hydrogens is 344 g/mol. The molecule has 1 aliphatic rings. The molecule has 8 nitrogen and oxygen atoms in total. The maximum Gasteiger partial charge on any atom is 0.328 e. The summed E-state index contributed by atoms with van der Waals surface area (Å²) in [6.07, 6.45) is 2.04. The fourth-order valence-corrected chi connectivity index (χ4v) is 5.08. The summed E-state index contributed by atoms with van der Waals surface area (Å²) in [6.45, 7) is 0.312. The number of imidazole rings is 1. The lowest BCUT2D eigenvalue weighted by molar-refractivity contribution is -0.125. The Hall–Kier alpha value is -2.13. The molecule has 1 N–H and O–H groups in total. The number of hydrogen-bond donors (Lipinski definition) is 1. The summed E-state index contributed by atoms with van der Waals surface area (Å²) in [6, 6.07) is 3.93. The summed E-state index contributed by atoms with van der Waals surface area (Å²) in [5.74, 6) is -0.295. The minimum absolute atomic E-state index is 0.0944. The fourth-order valence-electron chi connectivity index (χ4n) is 3.40. The number of carbonyl (C=O) groups excluding carboxylic acids is 1. The number of piperidine rings is 1. The van der Waals surface area contributed by atoms with Crippen molar-refractivity contribution in [2.24, 2.45) is 14.1 Å². The van der Waals surface area contributed by atoms with Crippen molar-refractivity contribution in [1.82, 2.24) is 18.8 Å². The topological polar surface area (TPSA) is 93.4 Å². The predicted octanol–water partition coefficient (Wildman–Crippen LogP) is 0.166. The monoisotopic (exact) mass is 366 g/mol. The Bertz CT molecular complexity index is 989. The summed E-state index contributed by atoms with van der Waals surface area (Å²) in [5.41, 5.74) is 0.987. The molecule has 2 heterocycles. The van der Waals surface area contributed by atoms with Crippen LogP contribution in [0.5, 0.6) is 0 Å². The van der Waals surface area contributed by atoms with E-state index in [0.717, 1.165) is 12.8 Å². The van der Waals surface area contributed by atoms with E-state index in [0.29, 0.717) is 24.0 Å². The molecule has 0 spiro atoms. The third kappa shape index (κ3) is 2.77. The normalized spacial score (nSPS) is 19.2. The van der Waals surface area contributed by atoms with Crippen molar-refractivity contribution in [3.05, 3.63) is 28.7 Å². The van der Waals surface area contributed by atoms with Crippen LogP contribution in [-0.2, 0) is 28.9 Å². The number of amides is 1. The van der Waals surface area contributed by atoms with Crippen molar-refractivity contribution in [3.63, 3.8) is 0 Å². The second-order valence-corrected chi connectivity index (χ2v) is 8.18. The van der Waals surface area contributed by atoms with Gasteiger partial charge in [-0.1, -0.05) is 6.42 Å². The largest absolute Gasteiger partial charge is 0.358 e. The van der Waals surface area contributed by atoms with Crippen molar-refractivity contribution >= 4 is 27.0 Å². The van der Waals surface area contributed by atoms with E-state index in [1.165, 1.54) is 32.6 Å². The average Bonchev–Trinajstić information content (AvgIpc) is 2.85. The molecule has 2 aromatic rings. The van der Waals surface area contributed by atoms with E-state index in [1.54, 1.807) is 20.2 Å². The zero-order valence-electron chi connectivity index (χ0n) is 14.5. The highest BCUT2D eigenvalue weighted by molar-refractivity contribution is 7.89. The van der Waals surface area contributed by atoms with Crippen LogP contribution in [0.25, 0.3) is 11.0 Å². The number of fused-ring (bicyclic) bond motifs is 1. The first kappa shape index (κ1) is 17.7. The molecule has 136 valence electrons. The molecule has 0 radical (unpaired) electrons. The number of rotatable bonds is 3. The van der Waals surface area contributed by atoms with E-state index in [2.05, 4.69) is 5.32 Å². The minimum atomic E-state index is -3.83. The number of sulfonamides is 1. The second-order valence-electron chi connectivity index (χ2n) is 6.29. The molecule has 1 aliphatic heterocycles. The Morgan fingerprint density at radius 1 is 1.16 bits per heavy atom. The third-order valence-corrected chi connectivity index (χ3v) is 6.76. The highest BCUT2D eigenvalue weighted by Gasteiger charge is 2.37. The zero-order valence-corrected chi connectivity index (χ0v) is 15.3. The lowest BCUT2D eigenvalue weighted by Gasteiger charge is -2.33. The molecule has 9 heteroatoms. The fraction of sp³-hybridized carbons (Fsp3) is 0.500. The summed E-state index contributed by atoms with van der Waals surface area (Å²) in [7, 11) is 0.928. The predicted molar refractivity (Wildman–Crippen MR) is 93.8 cm³/mol. The second kappa shape index (κ2) is 6.30. The van der Waals surface area contributed by atoms with Gasteiger partial charge in [0, 0.05) is 27.7 Å². The van der Waals surface area contributed by atoms with Gasteiger partial charge in [0.1, 0.15) is 6.04 Å². The maximum absolute atomic E-state index is 13.1. The smallest absolute Gasteiger partial charge is 0.328 e. The standard InChI is InChI=1S/C16H22N4O4S/c1-17-15(21)13-6-4-5-9-20(13)25(23,24)11-7-8-12-14(10-11)19(3)16(22)18(12)2/h7-8,10,13H,4-6,9H2,1-3H3,(H,17,21). The Morgan fingerprint density at radius 3 is 2.52 bits per heavy atom. The first-order valence-electron chi connectivity index (χ1n) is 8.18. The lowest BCUT2D eigenvalue weighted by atomic mass is 10.0. The number of hydrogen-bond acceptors (Lipinski definition) is 4. The van der Waals surface area contributed by atoms with Crippen LogP contribution in [0.3, 0.4) is 0 Å². The van der Waals surface area contributed by atoms with Gasteiger partial charge in [-0.05, 0) is 31.0 Å². The number of likely N-dealkylation sites (N-methyl/N-ethyl adjacent to an activating group) is 1. The van der Waals surface area contributed by atoms with Gasteiger partial charge >= 0.3 is 5.69 Å². The van der Waals surface area contributed by atoms with Crippen molar-refractivity contribution < 1.29 is 13.2 Å². The maximum atomic E-state index is 13.1. The van der Waals surface area contributed by atoms with E-state index in [4.69, 9.17) is 0 Å². The molecular formula is C16H22N4O4S. The van der Waals surface area contributed by atoms with Crippen LogP contribution in [0.1, 0.15) is 19.3 Å². The molecule has 1 aromatic heterocycles. The van der Waals surface area contributed by atoms with Crippen LogP contribution in [0.2, 0.25) is 0 Å². The number of nitrogens with one attached hydrogen (secondary N) is 1. The van der Waals surface area contributed by atoms with Gasteiger partial charge in [-0.2, -0.15) is 4.31 Å². The molecule has 1 unspecified atom stereocenters. The number of benzene rings is 1. The van der Waals surface area contributed by atoms with Gasteiger partial charge < -0.3 is 5.32 Å². The number of nitrogens with zero attached hydrogens (tertiary/aromatic N) is 3. The Morgan fingerprint density at radius 2 is 1.84 bits per heavy atom. The number of aromatic nitrogens is 2. The van der Waals surface area contributed by atoms with Crippen molar-refractivity contribution in [2.45, 2.75) is 30.2 Å². The minimum Gasteiger partial charge on any atom is -0.358 e. The first-order chi connectivity index (χ1) is 11.8. The SMILES string of the molecule is CNC(=O)C1CCCCN1S(=O)(=O)c1ccc2c(c1)n(C)c(=O)n2C. The van der Waals surface area contributed by atoms with E-state index >= 15 is 0 Å². The van der Waals surface area contributed by atoms with Gasteiger partial charge in [0.05, 0.1) is 15.9 Å². The molecule has 1 aromatic carbocycles. The molecule has 0 saturated carbocycles. The molecule has 3 rings (SSSR count). The highest BCUT2D eigenvalue weighted by Crippen LogP contribution is 2.27. The van der Waals surface area contributed by atoms with Gasteiger partial charge in [0.15, 0.2) is 0 Å². The van der Waals surface area contributed by atoms with E-state index in [1.807, 2.05) is 0 Å². The quantitative estimate of drug-likeness (QED) is 0.838. The molecule has 0 aliphatic carbocycles. The van der Waals surface area contributed by atoms with Crippen LogP contribution in [0.4, 0.5) is 0 Å². The van der Waals surface area contributed by atoms with Crippen LogP contribution in [0, 0.1) is 0 Å². The van der Waals surface area contributed by atoms with Gasteiger partial charge in [-0.15, -0.1) is 0 Å². The van der Waals surface area contributed by atoms with Crippen LogP contribution in [-0.4, -0.2) is 47.4 Å². The van der Waals surface area contributed by atoms with Gasteiger partial charge in [-0.3, -0.25) is 13.9 Å². The third-order valence-electron chi connectivity index (χ3n) is 4.85. The molecule has 0 bridgehead atoms. The van der Waals surface area contributed by atoms with Crippen molar-refractivity contribution in [3.8, 4) is 0 Å². The summed E-state index contributed by atoms with van der Waals surface area (Å²) >= 11 is 0. The Labute approximate surface area is 146 Å². The van der Waals surface area contributed by atoms with Gasteiger partial charge in [-0.25, -0.2) is 13.2 Å². The molecule has 25 heavy (non-hydrogen) atoms. The van der Waals surface area contributed by atoms with E-state index < -0.39 is 16.1 Å². The van der Waals surface area contributed by atoms with E-state index in [9.17, 15) is 18.0 Å². The Kier molecular flexibility index (Phi) is 4.46. The Balaban J connectivity index is 2.10. The molecule has 1 atom stereocenters. The van der Waals surface area contributed by atoms with E-state index in [-0.39, 0.29) is 16.5 Å². The zero-order chi connectivity index (χ0) is 18.4. The lowest BCUT2D eigenvalue weighted by Crippen LogP contribution is -2.51. The van der Waals surface area contributed by atoms with Crippen LogP contribution in [0.15, 0.2) is 27.9 Å². The van der Waals surface area contributed by atoms with Crippen LogP contribution >= 0.6 is 0 Å². The molecule has 1 fully saturated rings. The highest BCUT2D eigenvalue weighted by atomic mass is 32.2. The van der Waals surface area contributed by atoms with Gasteiger partial charge in [0.2, 0.25) is 15.9 Å². The average molecular weight is 366 g/mol. The summed E-state index contributed by atoms with van der Waals surface area (Å²) < 4.78 is 30.4. The van der Waals surface area contributed by atoms with Gasteiger partial charge in [0.25, 0.3) is 0 Å². The molecule has 1 amide bonds. The van der Waals surface area contributed by atoms with Crippen LogP contribution < -0.4 is 11.0 Å². The summed E-state index contributed by atoms with van der Waals surface area (Å²) in [4.78, 5) is 24.2. The molecule has 1 saturated heterocycles. The number of aryl methyl sites for hydroxylation is 2. The van der Waals surface area contributed by atoms with Crippen molar-refractivity contribution in [1.29, 1.82) is 0 Å².